The molecule has 1 atom stereocenters. The van der Waals surface area contributed by atoms with Gasteiger partial charge in [0.25, 0.3) is 5.91 Å². The van der Waals surface area contributed by atoms with Gasteiger partial charge in [-0.3, -0.25) is 14.5 Å². The highest BCUT2D eigenvalue weighted by Crippen LogP contribution is 2.45. The van der Waals surface area contributed by atoms with Gasteiger partial charge in [-0.25, -0.2) is 4.98 Å². The van der Waals surface area contributed by atoms with Gasteiger partial charge in [-0.05, 0) is 32.0 Å². The van der Waals surface area contributed by atoms with Gasteiger partial charge < -0.3 is 13.9 Å². The third-order valence-corrected chi connectivity index (χ3v) is 6.81. The molecule has 0 spiro atoms. The van der Waals surface area contributed by atoms with Crippen LogP contribution in [0.2, 0.25) is 0 Å². The fraction of sp³-hybridized carbons (Fsp3) is 0.208. The van der Waals surface area contributed by atoms with Gasteiger partial charge in [0.2, 0.25) is 5.76 Å². The van der Waals surface area contributed by atoms with Crippen molar-refractivity contribution in [1.29, 1.82) is 0 Å². The maximum absolute atomic E-state index is 13.7. The second kappa shape index (κ2) is 7.49. The molecule has 2 aromatic carbocycles. The van der Waals surface area contributed by atoms with Crippen LogP contribution in [0, 0.1) is 13.8 Å². The second-order valence-corrected chi connectivity index (χ2v) is 8.68. The number of hydrogen-bond donors (Lipinski definition) is 0. The van der Waals surface area contributed by atoms with E-state index in [4.69, 9.17) is 13.9 Å². The first-order valence-corrected chi connectivity index (χ1v) is 10.8. The number of aryl methyl sites for hydroxylation is 2. The van der Waals surface area contributed by atoms with E-state index in [0.29, 0.717) is 33.2 Å². The van der Waals surface area contributed by atoms with Crippen LogP contribution in [-0.2, 0) is 0 Å². The number of anilines is 1. The van der Waals surface area contributed by atoms with E-state index >= 15 is 0 Å². The summed E-state index contributed by atoms with van der Waals surface area (Å²) >= 11 is 1.40. The molecule has 0 radical (unpaired) electrons. The van der Waals surface area contributed by atoms with Crippen molar-refractivity contribution in [2.75, 3.05) is 19.1 Å². The SMILES string of the molecule is COc1ccc2c(=O)c3c(oc2c1)C(=O)N(c1nc(C)c(C)s1)C3c1ccccc1OC. The van der Waals surface area contributed by atoms with Gasteiger partial charge in [0.1, 0.15) is 23.1 Å². The van der Waals surface area contributed by atoms with Crippen molar-refractivity contribution in [3.63, 3.8) is 0 Å². The Hall–Kier alpha value is -3.65. The summed E-state index contributed by atoms with van der Waals surface area (Å²) in [7, 11) is 3.10. The van der Waals surface area contributed by atoms with Crippen LogP contribution in [0.3, 0.4) is 0 Å². The summed E-state index contributed by atoms with van der Waals surface area (Å²) in [4.78, 5) is 34.4. The van der Waals surface area contributed by atoms with Crippen LogP contribution in [0.4, 0.5) is 5.13 Å². The van der Waals surface area contributed by atoms with Crippen molar-refractivity contribution in [3.8, 4) is 11.5 Å². The van der Waals surface area contributed by atoms with Crippen LogP contribution in [0.5, 0.6) is 11.5 Å². The predicted octanol–water partition coefficient (Wildman–Crippen LogP) is 4.63. The molecule has 0 aliphatic carbocycles. The largest absolute Gasteiger partial charge is 0.497 e. The van der Waals surface area contributed by atoms with Crippen LogP contribution in [-0.4, -0.2) is 25.1 Å². The third kappa shape index (κ3) is 2.90. The number of hydrogen-bond acceptors (Lipinski definition) is 7. The number of nitrogens with zero attached hydrogens (tertiary/aromatic N) is 2. The van der Waals surface area contributed by atoms with Gasteiger partial charge in [0.05, 0.1) is 30.9 Å². The van der Waals surface area contributed by atoms with Crippen molar-refractivity contribution < 1.29 is 18.7 Å². The first-order valence-electron chi connectivity index (χ1n) is 9.99. The lowest BCUT2D eigenvalue weighted by atomic mass is 9.98. The van der Waals surface area contributed by atoms with E-state index < -0.39 is 11.9 Å². The summed E-state index contributed by atoms with van der Waals surface area (Å²) in [6.07, 6.45) is 0. The average Bonchev–Trinajstić information content (AvgIpc) is 3.29. The maximum atomic E-state index is 13.7. The van der Waals surface area contributed by atoms with Gasteiger partial charge >= 0.3 is 0 Å². The smallest absolute Gasteiger partial charge is 0.297 e. The molecule has 2 aromatic heterocycles. The van der Waals surface area contributed by atoms with Crippen molar-refractivity contribution >= 4 is 33.3 Å². The van der Waals surface area contributed by atoms with Crippen LogP contribution in [0.1, 0.15) is 38.3 Å². The Balaban J connectivity index is 1.83. The van der Waals surface area contributed by atoms with E-state index in [1.807, 2.05) is 38.1 Å². The van der Waals surface area contributed by atoms with Gasteiger partial charge in [0.15, 0.2) is 10.6 Å². The topological polar surface area (TPSA) is 81.9 Å². The summed E-state index contributed by atoms with van der Waals surface area (Å²) in [5.74, 6) is 0.710. The zero-order valence-electron chi connectivity index (χ0n) is 18.0. The first-order chi connectivity index (χ1) is 15.4. The molecule has 1 aliphatic heterocycles. The molecule has 0 bridgehead atoms. The minimum atomic E-state index is -0.721. The number of amides is 1. The van der Waals surface area contributed by atoms with E-state index in [2.05, 4.69) is 4.98 Å². The Bertz CT molecular complexity index is 1420. The summed E-state index contributed by atoms with van der Waals surface area (Å²) in [6, 6.07) is 11.6. The standard InChI is InChI=1S/C24H20N2O5S/c1-12-13(2)32-24(25-12)26-20(15-7-5-6-8-17(15)30-4)19-21(27)16-10-9-14(29-3)11-18(16)31-22(19)23(26)28/h5-11,20H,1-4H3. The number of benzene rings is 2. The van der Waals surface area contributed by atoms with Gasteiger partial charge in [-0.15, -0.1) is 11.3 Å². The Morgan fingerprint density at radius 2 is 1.84 bits per heavy atom. The second-order valence-electron chi connectivity index (χ2n) is 7.49. The fourth-order valence-corrected chi connectivity index (χ4v) is 4.96. The number of ether oxygens (including phenoxy) is 2. The lowest BCUT2D eigenvalue weighted by Crippen LogP contribution is -2.29. The summed E-state index contributed by atoms with van der Waals surface area (Å²) in [5, 5.41) is 0.888. The summed E-state index contributed by atoms with van der Waals surface area (Å²) < 4.78 is 16.8. The molecular weight excluding hydrogens is 428 g/mol. The monoisotopic (exact) mass is 448 g/mol. The highest BCUT2D eigenvalue weighted by atomic mass is 32.1. The minimum absolute atomic E-state index is 0.0113. The van der Waals surface area contributed by atoms with Crippen molar-refractivity contribution in [2.24, 2.45) is 0 Å². The summed E-state index contributed by atoms with van der Waals surface area (Å²) in [5.41, 5.74) is 1.84. The van der Waals surface area contributed by atoms with Crippen LogP contribution < -0.4 is 19.8 Å². The number of thiazole rings is 1. The number of para-hydroxylation sites is 1. The van der Waals surface area contributed by atoms with E-state index in [9.17, 15) is 9.59 Å². The van der Waals surface area contributed by atoms with Gasteiger partial charge in [-0.1, -0.05) is 18.2 Å². The first kappa shape index (κ1) is 20.3. The lowest BCUT2D eigenvalue weighted by Gasteiger charge is -2.24. The molecule has 0 fully saturated rings. The molecule has 1 amide bonds. The quantitative estimate of drug-likeness (QED) is 0.453. The normalized spacial score (nSPS) is 15.3. The molecule has 162 valence electrons. The van der Waals surface area contributed by atoms with Crippen LogP contribution in [0.25, 0.3) is 11.0 Å². The average molecular weight is 449 g/mol. The summed E-state index contributed by atoms with van der Waals surface area (Å²) in [6.45, 7) is 3.84. The molecule has 8 heteroatoms. The lowest BCUT2D eigenvalue weighted by molar-refractivity contribution is 0.0970. The Morgan fingerprint density at radius 3 is 2.53 bits per heavy atom. The number of aromatic nitrogens is 1. The van der Waals surface area contributed by atoms with Crippen molar-refractivity contribution in [1.82, 2.24) is 4.98 Å². The van der Waals surface area contributed by atoms with Crippen molar-refractivity contribution in [3.05, 3.63) is 80.1 Å². The number of carbonyl (C=O) groups is 1. The number of fused-ring (bicyclic) bond motifs is 2. The highest BCUT2D eigenvalue weighted by Gasteiger charge is 2.46. The molecule has 1 unspecified atom stereocenters. The number of rotatable bonds is 4. The molecule has 0 N–H and O–H groups in total. The molecular formula is C24H20N2O5S. The molecule has 0 saturated carbocycles. The fourth-order valence-electron chi connectivity index (χ4n) is 4.02. The Morgan fingerprint density at radius 1 is 1.06 bits per heavy atom. The van der Waals surface area contributed by atoms with Crippen LogP contribution in [0.15, 0.2) is 51.7 Å². The highest BCUT2D eigenvalue weighted by molar-refractivity contribution is 7.15. The molecule has 32 heavy (non-hydrogen) atoms. The Labute approximate surface area is 187 Å². The zero-order valence-corrected chi connectivity index (χ0v) is 18.8. The van der Waals surface area contributed by atoms with E-state index in [0.717, 1.165) is 10.6 Å². The van der Waals surface area contributed by atoms with E-state index in [1.54, 1.807) is 25.3 Å². The molecule has 5 rings (SSSR count). The molecule has 3 heterocycles. The molecule has 0 saturated heterocycles. The van der Waals surface area contributed by atoms with Crippen LogP contribution >= 0.6 is 11.3 Å². The Kier molecular flexibility index (Phi) is 4.74. The van der Waals surface area contributed by atoms with Crippen molar-refractivity contribution in [2.45, 2.75) is 19.9 Å². The van der Waals surface area contributed by atoms with Gasteiger partial charge in [-0.2, -0.15) is 0 Å². The van der Waals surface area contributed by atoms with Gasteiger partial charge in [0, 0.05) is 16.5 Å². The maximum Gasteiger partial charge on any atom is 0.297 e. The van der Waals surface area contributed by atoms with E-state index in [-0.39, 0.29) is 16.8 Å². The third-order valence-electron chi connectivity index (χ3n) is 5.74. The minimum Gasteiger partial charge on any atom is -0.497 e. The number of carbonyl (C=O) groups excluding carboxylic acids is 1. The van der Waals surface area contributed by atoms with E-state index in [1.165, 1.54) is 23.3 Å². The number of methoxy groups -OCH3 is 2. The zero-order chi connectivity index (χ0) is 22.6. The molecule has 7 nitrogen and oxygen atoms in total. The molecule has 1 aliphatic rings. The molecule has 4 aromatic rings. The predicted molar refractivity (Wildman–Crippen MR) is 122 cm³/mol.